The van der Waals surface area contributed by atoms with E-state index in [4.69, 9.17) is 27.7 Å². The van der Waals surface area contributed by atoms with Crippen molar-refractivity contribution in [2.24, 2.45) is 0 Å². The van der Waals surface area contributed by atoms with E-state index in [1.807, 2.05) is 12.1 Å². The molecule has 148 valence electrons. The zero-order valence-electron chi connectivity index (χ0n) is 15.4. The molecule has 0 saturated heterocycles. The van der Waals surface area contributed by atoms with Crippen LogP contribution < -0.4 is 16.0 Å². The average Bonchev–Trinajstić information content (AvgIpc) is 3.14. The van der Waals surface area contributed by atoms with Gasteiger partial charge in [0.25, 0.3) is 0 Å². The zero-order valence-corrected chi connectivity index (χ0v) is 17.7. The fourth-order valence-corrected chi connectivity index (χ4v) is 4.64. The number of halogens is 2. The second kappa shape index (κ2) is 8.22. The van der Waals surface area contributed by atoms with Crippen LogP contribution in [0.3, 0.4) is 0 Å². The van der Waals surface area contributed by atoms with Gasteiger partial charge in [0, 0.05) is 27.4 Å². The number of benzene rings is 1. The molecule has 0 unspecified atom stereocenters. The van der Waals surface area contributed by atoms with Gasteiger partial charge in [0.1, 0.15) is 11.3 Å². The molecule has 4 rings (SSSR count). The molecule has 0 bridgehead atoms. The van der Waals surface area contributed by atoms with Crippen LogP contribution >= 0.6 is 35.0 Å². The number of aromatic amines is 1. The van der Waals surface area contributed by atoms with Crippen molar-refractivity contribution in [2.75, 3.05) is 0 Å². The van der Waals surface area contributed by atoms with E-state index in [0.717, 1.165) is 0 Å². The number of rotatable bonds is 5. The molecule has 8 heteroatoms. The summed E-state index contributed by atoms with van der Waals surface area (Å²) >= 11 is 14.0. The summed E-state index contributed by atoms with van der Waals surface area (Å²) in [5, 5.41) is 6.11. The van der Waals surface area contributed by atoms with Crippen LogP contribution in [0.4, 0.5) is 0 Å². The van der Waals surface area contributed by atoms with Crippen LogP contribution in [0.2, 0.25) is 0 Å². The number of pyridine rings is 1. The summed E-state index contributed by atoms with van der Waals surface area (Å²) in [7, 11) is 0. The molecular weight excluding hydrogens is 431 g/mol. The third kappa shape index (κ3) is 3.92. The Balaban J connectivity index is 1.91. The maximum atomic E-state index is 13.4. The number of hydrogen-bond donors (Lipinski definition) is 1. The highest BCUT2D eigenvalue weighted by atomic mass is 35.5. The number of nitrogens with one attached hydrogen (secondary N) is 1. The van der Waals surface area contributed by atoms with Gasteiger partial charge in [0.05, 0.1) is 21.3 Å². The molecule has 0 amide bonds. The van der Waals surface area contributed by atoms with Gasteiger partial charge in [-0.3, -0.25) is 9.59 Å². The summed E-state index contributed by atoms with van der Waals surface area (Å²) < 4.78 is 5.10. The molecule has 0 spiro atoms. The van der Waals surface area contributed by atoms with Crippen LogP contribution in [0.15, 0.2) is 50.7 Å². The highest BCUT2D eigenvalue weighted by Gasteiger charge is 2.23. The average molecular weight is 447 g/mol. The Morgan fingerprint density at radius 2 is 1.93 bits per heavy atom. The topological polar surface area (TPSA) is 76.0 Å². The maximum absolute atomic E-state index is 13.4. The molecule has 3 aromatic rings. The van der Waals surface area contributed by atoms with Crippen LogP contribution in [0.25, 0.3) is 10.1 Å². The first-order chi connectivity index (χ1) is 14.0. The minimum absolute atomic E-state index is 0.0599. The normalized spacial score (nSPS) is 13.5. The molecule has 1 aliphatic carbocycles. The minimum Gasteiger partial charge on any atom is -0.361 e. The van der Waals surface area contributed by atoms with Crippen LogP contribution in [-0.2, 0) is 5.75 Å². The van der Waals surface area contributed by atoms with Crippen LogP contribution in [0.5, 0.6) is 0 Å². The third-order valence-corrected chi connectivity index (χ3v) is 6.37. The highest BCUT2D eigenvalue weighted by molar-refractivity contribution is 7.98. The number of carbonyl (C=O) groups is 1. The van der Waals surface area contributed by atoms with E-state index in [2.05, 4.69) is 10.1 Å². The van der Waals surface area contributed by atoms with Crippen molar-refractivity contribution in [3.63, 3.8) is 0 Å². The predicted octanol–water partition coefficient (Wildman–Crippen LogP) is 3.68. The molecule has 29 heavy (non-hydrogen) atoms. The van der Waals surface area contributed by atoms with E-state index in [-0.39, 0.29) is 16.6 Å². The van der Waals surface area contributed by atoms with E-state index >= 15 is 0 Å². The summed E-state index contributed by atoms with van der Waals surface area (Å²) in [4.78, 5) is 29.8. The Morgan fingerprint density at radius 1 is 1.21 bits per heavy atom. The van der Waals surface area contributed by atoms with Gasteiger partial charge in [-0.05, 0) is 19.8 Å². The monoisotopic (exact) mass is 446 g/mol. The van der Waals surface area contributed by atoms with Gasteiger partial charge in [-0.15, -0.1) is 11.8 Å². The molecule has 1 aliphatic rings. The molecule has 1 N–H and O–H groups in total. The molecule has 2 heterocycles. The number of nitrogens with zero attached hydrogens (tertiary/aromatic N) is 1. The fraction of sp³-hybridized carbons (Fsp3) is 0.190. The summed E-state index contributed by atoms with van der Waals surface area (Å²) in [6.07, 6.45) is 1.02. The smallest absolute Gasteiger partial charge is 0.202 e. The first-order valence-electron chi connectivity index (χ1n) is 8.94. The molecular formula is C21H16Cl2N2O3S. The Kier molecular flexibility index (Phi) is 5.67. The van der Waals surface area contributed by atoms with Gasteiger partial charge >= 0.3 is 0 Å². The van der Waals surface area contributed by atoms with Gasteiger partial charge < -0.3 is 9.51 Å². The number of fused-ring (bicyclic) bond motifs is 1. The molecule has 0 aliphatic heterocycles. The van der Waals surface area contributed by atoms with Crippen LogP contribution in [0, 0.1) is 6.92 Å². The van der Waals surface area contributed by atoms with E-state index < -0.39 is 5.43 Å². The zero-order chi connectivity index (χ0) is 20.5. The maximum Gasteiger partial charge on any atom is 0.202 e. The van der Waals surface area contributed by atoms with Crippen LogP contribution in [-0.4, -0.2) is 15.9 Å². The lowest BCUT2D eigenvalue weighted by molar-refractivity contribution is 0.103. The molecule has 1 aromatic carbocycles. The Hall–Kier alpha value is -2.28. The Morgan fingerprint density at radius 3 is 2.62 bits per heavy atom. The molecule has 5 nitrogen and oxygen atoms in total. The SMILES string of the molecule is Cc1cc(CSc2[nH]c3c(c(=O)c2C(=O)c2ccccc2)=C(Cl)CCC=3Cl)no1. The lowest BCUT2D eigenvalue weighted by Gasteiger charge is -2.13. The van der Waals surface area contributed by atoms with Gasteiger partial charge in [0.2, 0.25) is 5.43 Å². The van der Waals surface area contributed by atoms with Gasteiger partial charge in [-0.25, -0.2) is 0 Å². The number of aryl methyl sites for hydroxylation is 1. The fourth-order valence-electron chi connectivity index (χ4n) is 3.19. The quantitative estimate of drug-likeness (QED) is 0.477. The lowest BCUT2D eigenvalue weighted by atomic mass is 10.0. The van der Waals surface area contributed by atoms with Crippen molar-refractivity contribution in [1.82, 2.24) is 10.1 Å². The van der Waals surface area contributed by atoms with Crippen LogP contribution in [0.1, 0.15) is 40.2 Å². The first-order valence-corrected chi connectivity index (χ1v) is 10.7. The molecule has 0 radical (unpaired) electrons. The first kappa shape index (κ1) is 20.0. The van der Waals surface area contributed by atoms with Crippen molar-refractivity contribution < 1.29 is 9.32 Å². The second-order valence-electron chi connectivity index (χ2n) is 6.63. The summed E-state index contributed by atoms with van der Waals surface area (Å²) in [5.41, 5.74) is 0.793. The highest BCUT2D eigenvalue weighted by Crippen LogP contribution is 2.25. The number of ketones is 1. The summed E-state index contributed by atoms with van der Waals surface area (Å²) in [6.45, 7) is 1.80. The van der Waals surface area contributed by atoms with Crippen molar-refractivity contribution in [3.8, 4) is 0 Å². The lowest BCUT2D eigenvalue weighted by Crippen LogP contribution is -2.47. The van der Waals surface area contributed by atoms with Crippen molar-refractivity contribution >= 4 is 50.8 Å². The molecule has 0 atom stereocenters. The van der Waals surface area contributed by atoms with E-state index in [0.29, 0.717) is 56.1 Å². The Labute approximate surface area is 180 Å². The summed E-state index contributed by atoms with van der Waals surface area (Å²) in [6, 6.07) is 10.5. The van der Waals surface area contributed by atoms with E-state index in [1.54, 1.807) is 31.2 Å². The van der Waals surface area contributed by atoms with E-state index in [1.165, 1.54) is 11.8 Å². The second-order valence-corrected chi connectivity index (χ2v) is 8.53. The molecule has 2 aromatic heterocycles. The predicted molar refractivity (Wildman–Crippen MR) is 115 cm³/mol. The largest absolute Gasteiger partial charge is 0.361 e. The Bertz CT molecular complexity index is 1280. The standard InChI is InChI=1S/C21H16Cl2N2O3S/c1-11-9-13(25-28-11)10-29-21-17(19(26)12-5-3-2-4-6-12)20(27)16-14(22)7-8-15(23)18(16)24-21/h2-6,9,24H,7-8,10H2,1H3. The van der Waals surface area contributed by atoms with Crippen molar-refractivity contribution in [2.45, 2.75) is 30.5 Å². The molecule has 0 saturated carbocycles. The summed E-state index contributed by atoms with van der Waals surface area (Å²) in [5.74, 6) is 0.758. The number of aromatic nitrogens is 2. The molecule has 0 fully saturated rings. The number of carbonyl (C=O) groups excluding carboxylic acids is 1. The number of hydrogen-bond acceptors (Lipinski definition) is 5. The third-order valence-electron chi connectivity index (χ3n) is 4.58. The van der Waals surface area contributed by atoms with Crippen molar-refractivity contribution in [1.29, 1.82) is 0 Å². The van der Waals surface area contributed by atoms with Gasteiger partial charge in [0.15, 0.2) is 5.78 Å². The van der Waals surface area contributed by atoms with Crippen molar-refractivity contribution in [3.05, 3.63) is 79.8 Å². The minimum atomic E-state index is -0.408. The van der Waals surface area contributed by atoms with Gasteiger partial charge in [-0.1, -0.05) is 58.7 Å². The van der Waals surface area contributed by atoms with Gasteiger partial charge in [-0.2, -0.15) is 0 Å². The van der Waals surface area contributed by atoms with E-state index in [9.17, 15) is 9.59 Å². The number of thioether (sulfide) groups is 1. The number of H-pyrrole nitrogens is 1.